The van der Waals surface area contributed by atoms with Gasteiger partial charge in [0.25, 0.3) is 5.91 Å². The lowest BCUT2D eigenvalue weighted by Crippen LogP contribution is -2.39. The molecule has 0 saturated carbocycles. The fourth-order valence-corrected chi connectivity index (χ4v) is 3.82. The molecule has 1 aliphatic rings. The van der Waals surface area contributed by atoms with Crippen LogP contribution in [0.4, 0.5) is 5.69 Å². The molecule has 2 rings (SSSR count). The van der Waals surface area contributed by atoms with Crippen molar-refractivity contribution in [2.45, 2.75) is 34.6 Å². The zero-order chi connectivity index (χ0) is 25.6. The van der Waals surface area contributed by atoms with E-state index in [1.54, 1.807) is 46.8 Å². The standard InChI is InChI=1S/C23H26Cl2N2O7/c1-6-32-21(29)16-12(4)26-13(5)17(22(30)33-7-2)18(16)23(31)34-10-15(28)27-20-14(24)9-8-11(3)19(20)25/h8-9,18,26H,6-7,10H2,1-5H3,(H,27,28). The van der Waals surface area contributed by atoms with E-state index in [-0.39, 0.29) is 40.1 Å². The maximum Gasteiger partial charge on any atom is 0.337 e. The lowest BCUT2D eigenvalue weighted by molar-refractivity contribution is -0.153. The third-order valence-corrected chi connectivity index (χ3v) is 5.68. The van der Waals surface area contributed by atoms with Crippen molar-refractivity contribution < 1.29 is 33.4 Å². The van der Waals surface area contributed by atoms with Crippen molar-refractivity contribution in [2.24, 2.45) is 5.92 Å². The van der Waals surface area contributed by atoms with E-state index in [1.165, 1.54) is 0 Å². The molecule has 0 bridgehead atoms. The van der Waals surface area contributed by atoms with E-state index in [2.05, 4.69) is 10.6 Å². The van der Waals surface area contributed by atoms with E-state index in [9.17, 15) is 19.2 Å². The Hall–Kier alpha value is -3.04. The van der Waals surface area contributed by atoms with Crippen LogP contribution in [-0.2, 0) is 33.4 Å². The van der Waals surface area contributed by atoms with E-state index < -0.39 is 36.3 Å². The van der Waals surface area contributed by atoms with Gasteiger partial charge in [-0.15, -0.1) is 0 Å². The minimum atomic E-state index is -1.45. The number of benzene rings is 1. The van der Waals surface area contributed by atoms with Crippen LogP contribution >= 0.6 is 23.2 Å². The molecule has 1 aromatic rings. The first-order valence-electron chi connectivity index (χ1n) is 10.5. The first kappa shape index (κ1) is 27.2. The highest BCUT2D eigenvalue weighted by atomic mass is 35.5. The number of nitrogens with one attached hydrogen (secondary N) is 2. The average molecular weight is 513 g/mol. The number of halogens is 2. The Morgan fingerprint density at radius 1 is 0.912 bits per heavy atom. The van der Waals surface area contributed by atoms with Crippen LogP contribution in [0.15, 0.2) is 34.7 Å². The van der Waals surface area contributed by atoms with Crippen molar-refractivity contribution in [3.8, 4) is 0 Å². The third kappa shape index (κ3) is 6.09. The molecular formula is C23H26Cl2N2O7. The minimum Gasteiger partial charge on any atom is -0.463 e. The topological polar surface area (TPSA) is 120 Å². The summed E-state index contributed by atoms with van der Waals surface area (Å²) < 4.78 is 15.3. The molecule has 0 radical (unpaired) electrons. The number of hydrogen-bond donors (Lipinski definition) is 2. The fraction of sp³-hybridized carbons (Fsp3) is 0.391. The fourth-order valence-electron chi connectivity index (χ4n) is 3.36. The molecule has 2 N–H and O–H groups in total. The monoisotopic (exact) mass is 512 g/mol. The van der Waals surface area contributed by atoms with Crippen molar-refractivity contribution in [1.29, 1.82) is 0 Å². The van der Waals surface area contributed by atoms with Crippen molar-refractivity contribution in [3.63, 3.8) is 0 Å². The van der Waals surface area contributed by atoms with Gasteiger partial charge in [0.05, 0.1) is 40.1 Å². The van der Waals surface area contributed by atoms with Crippen LogP contribution in [0.25, 0.3) is 0 Å². The summed E-state index contributed by atoms with van der Waals surface area (Å²) in [5.74, 6) is -4.76. The molecule has 184 valence electrons. The molecule has 1 aliphatic heterocycles. The zero-order valence-corrected chi connectivity index (χ0v) is 21.0. The second-order valence-electron chi connectivity index (χ2n) is 7.29. The molecule has 0 atom stereocenters. The van der Waals surface area contributed by atoms with Gasteiger partial charge in [-0.25, -0.2) is 9.59 Å². The molecule has 0 unspecified atom stereocenters. The molecule has 1 amide bonds. The molecule has 0 fully saturated rings. The molecule has 0 spiro atoms. The van der Waals surface area contributed by atoms with Crippen molar-refractivity contribution in [1.82, 2.24) is 5.32 Å². The summed E-state index contributed by atoms with van der Waals surface area (Å²) in [4.78, 5) is 50.8. The van der Waals surface area contributed by atoms with Gasteiger partial charge in [0.2, 0.25) is 0 Å². The highest BCUT2D eigenvalue weighted by Gasteiger charge is 2.42. The quantitative estimate of drug-likeness (QED) is 0.399. The maximum atomic E-state index is 13.1. The van der Waals surface area contributed by atoms with Gasteiger partial charge < -0.3 is 24.8 Å². The summed E-state index contributed by atoms with van der Waals surface area (Å²) in [6, 6.07) is 3.26. The Labute approximate surface area is 207 Å². The summed E-state index contributed by atoms with van der Waals surface area (Å²) >= 11 is 12.3. The summed E-state index contributed by atoms with van der Waals surface area (Å²) in [6.45, 7) is 7.47. The van der Waals surface area contributed by atoms with Crippen LogP contribution in [0.2, 0.25) is 10.0 Å². The zero-order valence-electron chi connectivity index (χ0n) is 19.5. The number of carbonyl (C=O) groups excluding carboxylic acids is 4. The van der Waals surface area contributed by atoms with Gasteiger partial charge >= 0.3 is 17.9 Å². The van der Waals surface area contributed by atoms with Crippen molar-refractivity contribution in [3.05, 3.63) is 50.3 Å². The van der Waals surface area contributed by atoms with Crippen LogP contribution in [-0.4, -0.2) is 43.6 Å². The number of amides is 1. The first-order chi connectivity index (χ1) is 16.0. The van der Waals surface area contributed by atoms with Gasteiger partial charge in [0.1, 0.15) is 5.92 Å². The predicted octanol–water partition coefficient (Wildman–Crippen LogP) is 3.68. The van der Waals surface area contributed by atoms with Crippen LogP contribution < -0.4 is 10.6 Å². The molecular weight excluding hydrogens is 487 g/mol. The van der Waals surface area contributed by atoms with E-state index in [4.69, 9.17) is 37.4 Å². The predicted molar refractivity (Wildman–Crippen MR) is 126 cm³/mol. The summed E-state index contributed by atoms with van der Waals surface area (Å²) in [5.41, 5.74) is 1.28. The van der Waals surface area contributed by atoms with Crippen LogP contribution in [0.3, 0.4) is 0 Å². The summed E-state index contributed by atoms with van der Waals surface area (Å²) in [5, 5.41) is 5.86. The van der Waals surface area contributed by atoms with Gasteiger partial charge in [0, 0.05) is 11.4 Å². The number of hydrogen-bond acceptors (Lipinski definition) is 8. The van der Waals surface area contributed by atoms with Crippen molar-refractivity contribution >= 4 is 52.7 Å². The molecule has 11 heteroatoms. The maximum absolute atomic E-state index is 13.1. The number of dihydropyridines is 1. The lowest BCUT2D eigenvalue weighted by Gasteiger charge is -2.28. The van der Waals surface area contributed by atoms with E-state index >= 15 is 0 Å². The average Bonchev–Trinajstić information content (AvgIpc) is 2.77. The normalized spacial score (nSPS) is 13.9. The molecule has 9 nitrogen and oxygen atoms in total. The van der Waals surface area contributed by atoms with Gasteiger partial charge in [-0.3, -0.25) is 9.59 Å². The number of aryl methyl sites for hydroxylation is 1. The molecule has 1 aromatic carbocycles. The Morgan fingerprint density at radius 3 is 1.94 bits per heavy atom. The molecule has 0 saturated heterocycles. The van der Waals surface area contributed by atoms with Crippen molar-refractivity contribution in [2.75, 3.05) is 25.1 Å². The summed E-state index contributed by atoms with van der Waals surface area (Å²) in [6.07, 6.45) is 0. The number of carbonyl (C=O) groups is 4. The Morgan fingerprint density at radius 2 is 1.44 bits per heavy atom. The van der Waals surface area contributed by atoms with Gasteiger partial charge in [-0.05, 0) is 46.2 Å². The first-order valence-corrected chi connectivity index (χ1v) is 11.2. The number of allylic oxidation sites excluding steroid dienone is 2. The lowest BCUT2D eigenvalue weighted by atomic mass is 9.85. The minimum absolute atomic E-state index is 0.0508. The van der Waals surface area contributed by atoms with E-state index in [0.717, 1.165) is 0 Å². The van der Waals surface area contributed by atoms with Gasteiger partial charge in [-0.1, -0.05) is 29.3 Å². The van der Waals surface area contributed by atoms with Crippen LogP contribution in [0.5, 0.6) is 0 Å². The highest BCUT2D eigenvalue weighted by molar-refractivity contribution is 6.40. The molecule has 34 heavy (non-hydrogen) atoms. The van der Waals surface area contributed by atoms with Crippen LogP contribution in [0, 0.1) is 12.8 Å². The van der Waals surface area contributed by atoms with E-state index in [1.807, 2.05) is 0 Å². The largest absolute Gasteiger partial charge is 0.463 e. The second kappa shape index (κ2) is 11.9. The van der Waals surface area contributed by atoms with Gasteiger partial charge in [0.15, 0.2) is 6.61 Å². The van der Waals surface area contributed by atoms with Crippen LogP contribution in [0.1, 0.15) is 33.3 Å². The molecule has 1 heterocycles. The summed E-state index contributed by atoms with van der Waals surface area (Å²) in [7, 11) is 0. The molecule has 0 aromatic heterocycles. The number of rotatable bonds is 8. The van der Waals surface area contributed by atoms with Gasteiger partial charge in [-0.2, -0.15) is 0 Å². The Bertz CT molecular complexity index is 1040. The Balaban J connectivity index is 2.30. The number of ether oxygens (including phenoxy) is 3. The smallest absolute Gasteiger partial charge is 0.337 e. The number of esters is 3. The molecule has 0 aliphatic carbocycles. The van der Waals surface area contributed by atoms with E-state index in [0.29, 0.717) is 17.0 Å². The number of anilines is 1. The Kier molecular flexibility index (Phi) is 9.52. The SMILES string of the molecule is CCOC(=O)C1=C(C)NC(C)=C(C(=O)OCC)C1C(=O)OCC(=O)Nc1c(Cl)ccc(C)c1Cl. The highest BCUT2D eigenvalue weighted by Crippen LogP contribution is 2.34. The second-order valence-corrected chi connectivity index (χ2v) is 8.07. The third-order valence-electron chi connectivity index (χ3n) is 4.88.